The fourth-order valence-corrected chi connectivity index (χ4v) is 2.87. The Kier molecular flexibility index (Phi) is 5.68. The molecule has 1 heterocycles. The first kappa shape index (κ1) is 15.1. The van der Waals surface area contributed by atoms with Crippen LogP contribution in [0.4, 0.5) is 0 Å². The first-order chi connectivity index (χ1) is 9.80. The zero-order valence-corrected chi connectivity index (χ0v) is 12.7. The van der Waals surface area contributed by atoms with Gasteiger partial charge in [0.05, 0.1) is 20.8 Å². The van der Waals surface area contributed by atoms with E-state index >= 15 is 0 Å². The Hall–Kier alpha value is -1.26. The van der Waals surface area contributed by atoms with Crippen LogP contribution in [0.15, 0.2) is 18.2 Å². The van der Waals surface area contributed by atoms with E-state index in [9.17, 15) is 0 Å². The molecule has 2 rings (SSSR count). The first-order valence-electron chi connectivity index (χ1n) is 7.33. The number of ether oxygens (including phenoxy) is 3. The number of methoxy groups -OCH3 is 2. The van der Waals surface area contributed by atoms with Crippen molar-refractivity contribution < 1.29 is 14.2 Å². The van der Waals surface area contributed by atoms with Crippen LogP contribution in [0.3, 0.4) is 0 Å². The van der Waals surface area contributed by atoms with E-state index in [1.54, 1.807) is 14.2 Å². The van der Waals surface area contributed by atoms with Crippen LogP contribution in [-0.2, 0) is 4.74 Å². The molecule has 1 saturated heterocycles. The molecule has 1 aromatic rings. The third-order valence-electron chi connectivity index (χ3n) is 3.89. The van der Waals surface area contributed by atoms with Crippen molar-refractivity contribution in [2.45, 2.75) is 25.8 Å². The lowest BCUT2D eigenvalue weighted by Gasteiger charge is -2.26. The van der Waals surface area contributed by atoms with Gasteiger partial charge in [-0.1, -0.05) is 6.07 Å². The quantitative estimate of drug-likeness (QED) is 0.718. The van der Waals surface area contributed by atoms with Crippen LogP contribution in [-0.4, -0.2) is 45.4 Å². The summed E-state index contributed by atoms with van der Waals surface area (Å²) in [6.45, 7) is 5.73. The third kappa shape index (κ3) is 3.44. The van der Waals surface area contributed by atoms with Crippen molar-refractivity contribution in [2.24, 2.45) is 0 Å². The summed E-state index contributed by atoms with van der Waals surface area (Å²) < 4.78 is 16.3. The van der Waals surface area contributed by atoms with Gasteiger partial charge >= 0.3 is 0 Å². The fourth-order valence-electron chi connectivity index (χ4n) is 2.87. The molecule has 1 aliphatic heterocycles. The topological polar surface area (TPSA) is 30.9 Å². The third-order valence-corrected chi connectivity index (χ3v) is 3.89. The molecule has 0 amide bonds. The van der Waals surface area contributed by atoms with Crippen molar-refractivity contribution >= 4 is 0 Å². The Morgan fingerprint density at radius 2 is 2.10 bits per heavy atom. The summed E-state index contributed by atoms with van der Waals surface area (Å²) >= 11 is 0. The number of hydrogen-bond donors (Lipinski definition) is 0. The summed E-state index contributed by atoms with van der Waals surface area (Å²) in [4.78, 5) is 2.49. The van der Waals surface area contributed by atoms with Crippen LogP contribution in [0.25, 0.3) is 0 Å². The van der Waals surface area contributed by atoms with Crippen molar-refractivity contribution in [2.75, 3.05) is 40.5 Å². The minimum Gasteiger partial charge on any atom is -0.497 e. The maximum atomic E-state index is 5.54. The van der Waals surface area contributed by atoms with Crippen LogP contribution in [0, 0.1) is 0 Å². The smallest absolute Gasteiger partial charge is 0.127 e. The van der Waals surface area contributed by atoms with E-state index in [-0.39, 0.29) is 0 Å². The average molecular weight is 279 g/mol. The lowest BCUT2D eigenvalue weighted by Crippen LogP contribution is -2.27. The van der Waals surface area contributed by atoms with E-state index in [1.165, 1.54) is 18.4 Å². The van der Waals surface area contributed by atoms with Crippen LogP contribution in [0.2, 0.25) is 0 Å². The van der Waals surface area contributed by atoms with Gasteiger partial charge in [-0.25, -0.2) is 0 Å². The molecule has 20 heavy (non-hydrogen) atoms. The predicted octanol–water partition coefficient (Wildman–Crippen LogP) is 2.88. The van der Waals surface area contributed by atoms with E-state index in [4.69, 9.17) is 14.2 Å². The van der Waals surface area contributed by atoms with Gasteiger partial charge in [-0.3, -0.25) is 4.90 Å². The zero-order valence-electron chi connectivity index (χ0n) is 12.7. The number of benzene rings is 1. The number of nitrogens with zero attached hydrogens (tertiary/aromatic N) is 1. The highest BCUT2D eigenvalue weighted by atomic mass is 16.5. The monoisotopic (exact) mass is 279 g/mol. The molecule has 1 aliphatic rings. The minimum absolute atomic E-state index is 0.427. The normalized spacial score (nSPS) is 19.2. The van der Waals surface area contributed by atoms with E-state index < -0.39 is 0 Å². The Labute approximate surface area is 121 Å². The molecule has 0 unspecified atom stereocenters. The van der Waals surface area contributed by atoms with Crippen molar-refractivity contribution in [3.05, 3.63) is 23.8 Å². The predicted molar refractivity (Wildman–Crippen MR) is 79.6 cm³/mol. The minimum atomic E-state index is 0.427. The SMILES string of the molecule is CCOCCN1CCC[C@H]1c1ccc(OC)cc1OC. The van der Waals surface area contributed by atoms with Crippen molar-refractivity contribution in [3.63, 3.8) is 0 Å². The second-order valence-corrected chi connectivity index (χ2v) is 5.00. The van der Waals surface area contributed by atoms with Gasteiger partial charge in [-0.15, -0.1) is 0 Å². The van der Waals surface area contributed by atoms with Gasteiger partial charge in [0.15, 0.2) is 0 Å². The molecule has 4 heteroatoms. The summed E-state index contributed by atoms with van der Waals surface area (Å²) in [5.41, 5.74) is 1.25. The second kappa shape index (κ2) is 7.50. The highest BCUT2D eigenvalue weighted by molar-refractivity contribution is 5.42. The maximum Gasteiger partial charge on any atom is 0.127 e. The molecule has 1 atom stereocenters. The Bertz CT molecular complexity index is 422. The molecule has 0 bridgehead atoms. The molecule has 1 fully saturated rings. The molecule has 1 aromatic carbocycles. The van der Waals surface area contributed by atoms with E-state index in [0.717, 1.165) is 37.8 Å². The molecule has 0 aromatic heterocycles. The summed E-state index contributed by atoms with van der Waals surface area (Å²) in [7, 11) is 3.40. The van der Waals surface area contributed by atoms with Crippen LogP contribution >= 0.6 is 0 Å². The van der Waals surface area contributed by atoms with Gasteiger partial charge in [0, 0.05) is 30.8 Å². The van der Waals surface area contributed by atoms with Crippen molar-refractivity contribution in [1.29, 1.82) is 0 Å². The molecule has 112 valence electrons. The Balaban J connectivity index is 2.12. The largest absolute Gasteiger partial charge is 0.497 e. The van der Waals surface area contributed by atoms with Gasteiger partial charge in [0.25, 0.3) is 0 Å². The summed E-state index contributed by atoms with van der Waals surface area (Å²) in [6.07, 6.45) is 2.40. The van der Waals surface area contributed by atoms with E-state index in [0.29, 0.717) is 6.04 Å². The molecule has 0 aliphatic carbocycles. The molecule has 0 spiro atoms. The van der Waals surface area contributed by atoms with Crippen LogP contribution in [0.5, 0.6) is 11.5 Å². The Morgan fingerprint density at radius 3 is 2.80 bits per heavy atom. The summed E-state index contributed by atoms with van der Waals surface area (Å²) in [5.74, 6) is 1.75. The second-order valence-electron chi connectivity index (χ2n) is 5.00. The van der Waals surface area contributed by atoms with E-state index in [1.807, 2.05) is 19.1 Å². The highest BCUT2D eigenvalue weighted by Gasteiger charge is 2.28. The van der Waals surface area contributed by atoms with Crippen molar-refractivity contribution in [1.82, 2.24) is 4.90 Å². The van der Waals surface area contributed by atoms with Gasteiger partial charge in [-0.2, -0.15) is 0 Å². The van der Waals surface area contributed by atoms with Crippen LogP contribution < -0.4 is 9.47 Å². The Morgan fingerprint density at radius 1 is 1.25 bits per heavy atom. The summed E-state index contributed by atoms with van der Waals surface area (Å²) in [5, 5.41) is 0. The molecule has 0 N–H and O–H groups in total. The number of rotatable bonds is 7. The van der Waals surface area contributed by atoms with E-state index in [2.05, 4.69) is 11.0 Å². The summed E-state index contributed by atoms with van der Waals surface area (Å²) in [6, 6.07) is 6.53. The lowest BCUT2D eigenvalue weighted by molar-refractivity contribution is 0.108. The molecule has 0 saturated carbocycles. The molecule has 0 radical (unpaired) electrons. The first-order valence-corrected chi connectivity index (χ1v) is 7.33. The molecule has 4 nitrogen and oxygen atoms in total. The highest BCUT2D eigenvalue weighted by Crippen LogP contribution is 2.38. The molecular weight excluding hydrogens is 254 g/mol. The number of likely N-dealkylation sites (tertiary alicyclic amines) is 1. The standard InChI is InChI=1S/C16H25NO3/c1-4-20-11-10-17-9-5-6-15(17)14-8-7-13(18-2)12-16(14)19-3/h7-8,12,15H,4-6,9-11H2,1-3H3/t15-/m0/s1. The zero-order chi connectivity index (χ0) is 14.4. The van der Waals surface area contributed by atoms with Gasteiger partial charge < -0.3 is 14.2 Å². The average Bonchev–Trinajstić information content (AvgIpc) is 2.95. The molecular formula is C16H25NO3. The van der Waals surface area contributed by atoms with Gasteiger partial charge in [-0.05, 0) is 32.4 Å². The van der Waals surface area contributed by atoms with Crippen LogP contribution in [0.1, 0.15) is 31.4 Å². The lowest BCUT2D eigenvalue weighted by atomic mass is 10.0. The number of hydrogen-bond acceptors (Lipinski definition) is 4. The van der Waals surface area contributed by atoms with Gasteiger partial charge in [0.2, 0.25) is 0 Å². The van der Waals surface area contributed by atoms with Crippen molar-refractivity contribution in [3.8, 4) is 11.5 Å². The fraction of sp³-hybridized carbons (Fsp3) is 0.625. The maximum absolute atomic E-state index is 5.54. The van der Waals surface area contributed by atoms with Gasteiger partial charge in [0.1, 0.15) is 11.5 Å².